The van der Waals surface area contributed by atoms with E-state index >= 15 is 0 Å². The second-order valence-electron chi connectivity index (χ2n) is 3.14. The van der Waals surface area contributed by atoms with Crippen molar-refractivity contribution in [1.29, 1.82) is 0 Å². The van der Waals surface area contributed by atoms with Crippen LogP contribution in [0.25, 0.3) is 0 Å². The lowest BCUT2D eigenvalue weighted by Crippen LogP contribution is -1.97. The lowest BCUT2D eigenvalue weighted by molar-refractivity contribution is 0.318. The molecule has 0 aliphatic heterocycles. The van der Waals surface area contributed by atoms with Crippen LogP contribution in [0.5, 0.6) is 5.75 Å². The Kier molecular flexibility index (Phi) is 2.56. The molecule has 13 heavy (non-hydrogen) atoms. The molecular weight excluding hydrogens is 166 g/mol. The second-order valence-corrected chi connectivity index (χ2v) is 3.14. The number of benzene rings is 1. The maximum absolute atomic E-state index is 9.53. The number of hydrogen-bond donors (Lipinski definition) is 2. The van der Waals surface area contributed by atoms with Gasteiger partial charge in [0.25, 0.3) is 0 Å². The molecule has 0 unspecified atom stereocenters. The van der Waals surface area contributed by atoms with Gasteiger partial charge >= 0.3 is 0 Å². The fourth-order valence-corrected chi connectivity index (χ4v) is 1.14. The van der Waals surface area contributed by atoms with Crippen LogP contribution in [-0.4, -0.2) is 16.0 Å². The van der Waals surface area contributed by atoms with E-state index in [-0.39, 0.29) is 5.75 Å². The van der Waals surface area contributed by atoms with E-state index in [0.29, 0.717) is 11.3 Å². The number of phenolic OH excluding ortho intramolecular Hbond substituents is 1. The molecule has 3 nitrogen and oxygen atoms in total. The van der Waals surface area contributed by atoms with Gasteiger partial charge in [-0.2, -0.15) is 0 Å². The summed E-state index contributed by atoms with van der Waals surface area (Å²) in [4.78, 5) is 0. The Labute approximate surface area is 77.3 Å². The summed E-state index contributed by atoms with van der Waals surface area (Å²) < 4.78 is 0. The minimum atomic E-state index is 0.151. The standard InChI is InChI=1S/C10H13NO2/c1-6-4-9(8(3)11-13)10(12)5-7(6)2/h4-5,12-13H,1-3H3/b11-8+. The Hall–Kier alpha value is -1.51. The van der Waals surface area contributed by atoms with Gasteiger partial charge in [-0.15, -0.1) is 0 Å². The van der Waals surface area contributed by atoms with Gasteiger partial charge in [0.1, 0.15) is 5.75 Å². The molecule has 0 saturated carbocycles. The number of phenols is 1. The minimum absolute atomic E-state index is 0.151. The van der Waals surface area contributed by atoms with Gasteiger partial charge in [0.05, 0.1) is 5.71 Å². The zero-order valence-corrected chi connectivity index (χ0v) is 8.00. The Morgan fingerprint density at radius 2 is 1.77 bits per heavy atom. The number of rotatable bonds is 1. The van der Waals surface area contributed by atoms with Crippen LogP contribution in [-0.2, 0) is 0 Å². The van der Waals surface area contributed by atoms with Crippen molar-refractivity contribution >= 4 is 5.71 Å². The van der Waals surface area contributed by atoms with E-state index < -0.39 is 0 Å². The summed E-state index contributed by atoms with van der Waals surface area (Å²) in [5.41, 5.74) is 3.08. The van der Waals surface area contributed by atoms with E-state index in [4.69, 9.17) is 5.21 Å². The molecule has 0 aliphatic carbocycles. The van der Waals surface area contributed by atoms with Crippen molar-refractivity contribution in [3.05, 3.63) is 28.8 Å². The normalized spacial score (nSPS) is 11.8. The maximum atomic E-state index is 9.53. The van der Waals surface area contributed by atoms with Gasteiger partial charge in [0.15, 0.2) is 0 Å². The number of hydrogen-bond acceptors (Lipinski definition) is 3. The maximum Gasteiger partial charge on any atom is 0.125 e. The molecule has 0 atom stereocenters. The molecule has 0 amide bonds. The molecule has 0 fully saturated rings. The quantitative estimate of drug-likeness (QED) is 0.394. The summed E-state index contributed by atoms with van der Waals surface area (Å²) in [6.45, 7) is 5.51. The highest BCUT2D eigenvalue weighted by Crippen LogP contribution is 2.22. The Bertz CT molecular complexity index is 356. The smallest absolute Gasteiger partial charge is 0.125 e. The lowest BCUT2D eigenvalue weighted by Gasteiger charge is -2.06. The van der Waals surface area contributed by atoms with E-state index in [9.17, 15) is 5.11 Å². The summed E-state index contributed by atoms with van der Waals surface area (Å²) in [6.07, 6.45) is 0. The molecule has 1 aromatic carbocycles. The van der Waals surface area contributed by atoms with Crippen LogP contribution in [0, 0.1) is 13.8 Å². The number of oxime groups is 1. The van der Waals surface area contributed by atoms with E-state index in [0.717, 1.165) is 11.1 Å². The van der Waals surface area contributed by atoms with Crippen molar-refractivity contribution in [2.24, 2.45) is 5.16 Å². The first kappa shape index (κ1) is 9.58. The molecule has 2 N–H and O–H groups in total. The average Bonchev–Trinajstić information content (AvgIpc) is 2.10. The van der Waals surface area contributed by atoms with Crippen LogP contribution in [0.4, 0.5) is 0 Å². The Morgan fingerprint density at radius 1 is 1.23 bits per heavy atom. The molecule has 0 saturated heterocycles. The third-order valence-electron chi connectivity index (χ3n) is 2.15. The van der Waals surface area contributed by atoms with Gasteiger partial charge in [-0.1, -0.05) is 5.16 Å². The second kappa shape index (κ2) is 3.47. The van der Waals surface area contributed by atoms with Crippen LogP contribution >= 0.6 is 0 Å². The fourth-order valence-electron chi connectivity index (χ4n) is 1.14. The lowest BCUT2D eigenvalue weighted by atomic mass is 10.0. The Balaban J connectivity index is 3.32. The largest absolute Gasteiger partial charge is 0.507 e. The van der Waals surface area contributed by atoms with E-state index in [2.05, 4.69) is 5.16 Å². The first-order valence-electron chi connectivity index (χ1n) is 4.05. The number of nitrogens with zero attached hydrogens (tertiary/aromatic N) is 1. The van der Waals surface area contributed by atoms with E-state index in [1.807, 2.05) is 13.8 Å². The summed E-state index contributed by atoms with van der Waals surface area (Å²) >= 11 is 0. The van der Waals surface area contributed by atoms with Crippen molar-refractivity contribution in [2.45, 2.75) is 20.8 Å². The number of aryl methyl sites for hydroxylation is 2. The van der Waals surface area contributed by atoms with Gasteiger partial charge in [-0.3, -0.25) is 0 Å². The molecule has 0 heterocycles. The summed E-state index contributed by atoms with van der Waals surface area (Å²) in [7, 11) is 0. The third-order valence-corrected chi connectivity index (χ3v) is 2.15. The predicted octanol–water partition coefficient (Wildman–Crippen LogP) is 2.21. The van der Waals surface area contributed by atoms with Crippen LogP contribution < -0.4 is 0 Å². The molecule has 70 valence electrons. The highest BCUT2D eigenvalue weighted by Gasteiger charge is 2.06. The molecular formula is C10H13NO2. The summed E-state index contributed by atoms with van der Waals surface area (Å²) in [6, 6.07) is 3.47. The molecule has 1 rings (SSSR count). The molecule has 0 aliphatic rings. The zero-order chi connectivity index (χ0) is 10.0. The number of aromatic hydroxyl groups is 1. The monoisotopic (exact) mass is 179 g/mol. The fraction of sp³-hybridized carbons (Fsp3) is 0.300. The summed E-state index contributed by atoms with van der Waals surface area (Å²) in [5.74, 6) is 0.151. The van der Waals surface area contributed by atoms with Crippen molar-refractivity contribution < 1.29 is 10.3 Å². The van der Waals surface area contributed by atoms with Crippen molar-refractivity contribution in [2.75, 3.05) is 0 Å². The van der Waals surface area contributed by atoms with Gasteiger partial charge in [0, 0.05) is 5.56 Å². The first-order valence-corrected chi connectivity index (χ1v) is 4.05. The predicted molar refractivity (Wildman–Crippen MR) is 51.6 cm³/mol. The SMILES string of the molecule is C/C(=N\O)c1cc(C)c(C)cc1O. The molecule has 1 aromatic rings. The topological polar surface area (TPSA) is 52.8 Å². The highest BCUT2D eigenvalue weighted by molar-refractivity contribution is 6.00. The van der Waals surface area contributed by atoms with Crippen molar-refractivity contribution in [1.82, 2.24) is 0 Å². The third kappa shape index (κ3) is 1.80. The van der Waals surface area contributed by atoms with Crippen LogP contribution in [0.1, 0.15) is 23.6 Å². The molecule has 0 spiro atoms. The van der Waals surface area contributed by atoms with Crippen LogP contribution in [0.3, 0.4) is 0 Å². The Morgan fingerprint density at radius 3 is 2.31 bits per heavy atom. The van der Waals surface area contributed by atoms with Gasteiger partial charge in [-0.05, 0) is 44.0 Å². The highest BCUT2D eigenvalue weighted by atomic mass is 16.4. The van der Waals surface area contributed by atoms with Gasteiger partial charge < -0.3 is 10.3 Å². The van der Waals surface area contributed by atoms with Crippen LogP contribution in [0.15, 0.2) is 17.3 Å². The minimum Gasteiger partial charge on any atom is -0.507 e. The summed E-state index contributed by atoms with van der Waals surface area (Å²) in [5, 5.41) is 21.1. The average molecular weight is 179 g/mol. The molecule has 0 aromatic heterocycles. The first-order chi connectivity index (χ1) is 6.06. The van der Waals surface area contributed by atoms with Crippen molar-refractivity contribution in [3.63, 3.8) is 0 Å². The van der Waals surface area contributed by atoms with E-state index in [1.165, 1.54) is 0 Å². The molecule has 0 bridgehead atoms. The molecule has 3 heteroatoms. The molecule has 0 radical (unpaired) electrons. The van der Waals surface area contributed by atoms with Gasteiger partial charge in [0.2, 0.25) is 0 Å². The van der Waals surface area contributed by atoms with E-state index in [1.54, 1.807) is 19.1 Å². The van der Waals surface area contributed by atoms with Crippen LogP contribution in [0.2, 0.25) is 0 Å². The zero-order valence-electron chi connectivity index (χ0n) is 8.00. The van der Waals surface area contributed by atoms with Crippen molar-refractivity contribution in [3.8, 4) is 5.75 Å². The van der Waals surface area contributed by atoms with Gasteiger partial charge in [-0.25, -0.2) is 0 Å².